The monoisotopic (exact) mass is 192 g/mol. The van der Waals surface area contributed by atoms with Crippen LogP contribution in [0.2, 0.25) is 0 Å². The number of fused-ring (bicyclic) bond motifs is 1. The number of nitrogens with two attached hydrogens (primary N) is 1. The molecular formula is C10H16N4. The van der Waals surface area contributed by atoms with E-state index in [1.54, 1.807) is 6.33 Å². The van der Waals surface area contributed by atoms with E-state index in [9.17, 15) is 0 Å². The van der Waals surface area contributed by atoms with E-state index in [1.165, 1.54) is 5.56 Å². The maximum Gasteiger partial charge on any atom is 0.116 e. The van der Waals surface area contributed by atoms with E-state index < -0.39 is 0 Å². The third-order valence-corrected chi connectivity index (χ3v) is 2.66. The first-order valence-electron chi connectivity index (χ1n) is 4.95. The van der Waals surface area contributed by atoms with Crippen molar-refractivity contribution in [3.05, 3.63) is 23.3 Å². The summed E-state index contributed by atoms with van der Waals surface area (Å²) in [6, 6.07) is 0.00940. The molecular weight excluding hydrogens is 176 g/mol. The summed E-state index contributed by atoms with van der Waals surface area (Å²) in [5.74, 6) is 0. The van der Waals surface area contributed by atoms with Crippen LogP contribution in [0.1, 0.15) is 29.9 Å². The summed E-state index contributed by atoms with van der Waals surface area (Å²) in [6.45, 7) is 3.96. The smallest absolute Gasteiger partial charge is 0.116 e. The second kappa shape index (κ2) is 3.63. The van der Waals surface area contributed by atoms with E-state index in [0.29, 0.717) is 0 Å². The van der Waals surface area contributed by atoms with Gasteiger partial charge in [-0.25, -0.2) is 9.97 Å². The van der Waals surface area contributed by atoms with Gasteiger partial charge in [-0.2, -0.15) is 0 Å². The van der Waals surface area contributed by atoms with Crippen molar-refractivity contribution in [2.24, 2.45) is 5.73 Å². The molecule has 0 spiro atoms. The van der Waals surface area contributed by atoms with E-state index >= 15 is 0 Å². The second-order valence-electron chi connectivity index (χ2n) is 3.96. The van der Waals surface area contributed by atoms with Crippen LogP contribution in [-0.2, 0) is 13.0 Å². The average Bonchev–Trinajstić information content (AvgIpc) is 2.16. The minimum absolute atomic E-state index is 0.00940. The van der Waals surface area contributed by atoms with Gasteiger partial charge in [0, 0.05) is 19.1 Å². The van der Waals surface area contributed by atoms with E-state index in [1.807, 2.05) is 6.92 Å². The van der Waals surface area contributed by atoms with Gasteiger partial charge in [-0.05, 0) is 26.0 Å². The first-order valence-corrected chi connectivity index (χ1v) is 4.95. The van der Waals surface area contributed by atoms with Crippen molar-refractivity contribution in [2.75, 3.05) is 13.6 Å². The first-order chi connectivity index (χ1) is 6.68. The molecule has 0 fully saturated rings. The third-order valence-electron chi connectivity index (χ3n) is 2.66. The molecule has 0 aromatic carbocycles. The van der Waals surface area contributed by atoms with Crippen LogP contribution in [0.5, 0.6) is 0 Å². The Morgan fingerprint density at radius 3 is 3.00 bits per heavy atom. The molecule has 14 heavy (non-hydrogen) atoms. The number of rotatable bonds is 1. The summed E-state index contributed by atoms with van der Waals surface area (Å²) < 4.78 is 0. The SMILES string of the molecule is C[C@H](N)c1ncnc2c1CCN(C)C2. The van der Waals surface area contributed by atoms with Crippen LogP contribution in [0.25, 0.3) is 0 Å². The maximum atomic E-state index is 5.87. The minimum Gasteiger partial charge on any atom is -0.323 e. The zero-order valence-electron chi connectivity index (χ0n) is 8.70. The van der Waals surface area contributed by atoms with Crippen molar-refractivity contribution in [2.45, 2.75) is 25.9 Å². The van der Waals surface area contributed by atoms with Crippen molar-refractivity contribution >= 4 is 0 Å². The Labute approximate surface area is 84.2 Å². The summed E-state index contributed by atoms with van der Waals surface area (Å²) in [5, 5.41) is 0. The van der Waals surface area contributed by atoms with Crippen molar-refractivity contribution in [1.82, 2.24) is 14.9 Å². The highest BCUT2D eigenvalue weighted by molar-refractivity contribution is 5.28. The van der Waals surface area contributed by atoms with Gasteiger partial charge in [0.15, 0.2) is 0 Å². The fraction of sp³-hybridized carbons (Fsp3) is 0.600. The molecule has 1 aromatic rings. The fourth-order valence-electron chi connectivity index (χ4n) is 1.90. The van der Waals surface area contributed by atoms with Crippen LogP contribution >= 0.6 is 0 Å². The van der Waals surface area contributed by atoms with Crippen LogP contribution in [0.15, 0.2) is 6.33 Å². The van der Waals surface area contributed by atoms with Gasteiger partial charge >= 0.3 is 0 Å². The number of likely N-dealkylation sites (N-methyl/N-ethyl adjacent to an activating group) is 1. The van der Waals surface area contributed by atoms with Gasteiger partial charge in [0.05, 0.1) is 11.4 Å². The van der Waals surface area contributed by atoms with Gasteiger partial charge in [-0.1, -0.05) is 0 Å². The molecule has 0 radical (unpaired) electrons. The van der Waals surface area contributed by atoms with Crippen molar-refractivity contribution < 1.29 is 0 Å². The average molecular weight is 192 g/mol. The van der Waals surface area contributed by atoms with Gasteiger partial charge in [0.1, 0.15) is 6.33 Å². The van der Waals surface area contributed by atoms with Crippen LogP contribution in [0.3, 0.4) is 0 Å². The molecule has 76 valence electrons. The second-order valence-corrected chi connectivity index (χ2v) is 3.96. The summed E-state index contributed by atoms with van der Waals surface area (Å²) >= 11 is 0. The Morgan fingerprint density at radius 2 is 2.29 bits per heavy atom. The lowest BCUT2D eigenvalue weighted by Crippen LogP contribution is -2.29. The van der Waals surface area contributed by atoms with Crippen LogP contribution in [0.4, 0.5) is 0 Å². The quantitative estimate of drug-likeness (QED) is 0.703. The van der Waals surface area contributed by atoms with Crippen molar-refractivity contribution in [3.8, 4) is 0 Å². The lowest BCUT2D eigenvalue weighted by Gasteiger charge is -2.25. The molecule has 4 heteroatoms. The standard InChI is InChI=1S/C10H16N4/c1-7(11)10-8-3-4-14(2)5-9(8)12-6-13-10/h6-7H,3-5,11H2,1-2H3/t7-/m0/s1. The highest BCUT2D eigenvalue weighted by atomic mass is 15.1. The molecule has 0 saturated heterocycles. The summed E-state index contributed by atoms with van der Waals surface area (Å²) in [6.07, 6.45) is 2.64. The number of nitrogens with zero attached hydrogens (tertiary/aromatic N) is 3. The van der Waals surface area contributed by atoms with Gasteiger partial charge in [-0.15, -0.1) is 0 Å². The lowest BCUT2D eigenvalue weighted by molar-refractivity contribution is 0.305. The van der Waals surface area contributed by atoms with E-state index in [0.717, 1.165) is 30.9 Å². The molecule has 0 aliphatic carbocycles. The van der Waals surface area contributed by atoms with Crippen LogP contribution in [-0.4, -0.2) is 28.5 Å². The topological polar surface area (TPSA) is 55.0 Å². The van der Waals surface area contributed by atoms with Gasteiger partial charge < -0.3 is 10.6 Å². The molecule has 0 amide bonds. The van der Waals surface area contributed by atoms with Gasteiger partial charge in [0.25, 0.3) is 0 Å². The predicted molar refractivity (Wildman–Crippen MR) is 54.7 cm³/mol. The largest absolute Gasteiger partial charge is 0.323 e. The van der Waals surface area contributed by atoms with Gasteiger partial charge in [0.2, 0.25) is 0 Å². The number of hydrogen-bond acceptors (Lipinski definition) is 4. The molecule has 2 rings (SSSR count). The van der Waals surface area contributed by atoms with Crippen molar-refractivity contribution in [1.29, 1.82) is 0 Å². The molecule has 2 N–H and O–H groups in total. The Hall–Kier alpha value is -1.00. The Kier molecular flexibility index (Phi) is 2.48. The predicted octanol–water partition coefficient (Wildman–Crippen LogP) is 0.484. The highest BCUT2D eigenvalue weighted by Gasteiger charge is 2.19. The van der Waals surface area contributed by atoms with Crippen LogP contribution < -0.4 is 5.73 Å². The lowest BCUT2D eigenvalue weighted by atomic mass is 10.0. The maximum absolute atomic E-state index is 5.87. The molecule has 0 bridgehead atoms. The van der Waals surface area contributed by atoms with Crippen LogP contribution in [0, 0.1) is 0 Å². The molecule has 4 nitrogen and oxygen atoms in total. The first kappa shape index (κ1) is 9.55. The Balaban J connectivity index is 2.41. The highest BCUT2D eigenvalue weighted by Crippen LogP contribution is 2.21. The third kappa shape index (κ3) is 1.63. The minimum atomic E-state index is 0.00940. The van der Waals surface area contributed by atoms with Crippen molar-refractivity contribution in [3.63, 3.8) is 0 Å². The van der Waals surface area contributed by atoms with Gasteiger partial charge in [-0.3, -0.25) is 0 Å². The molecule has 1 aliphatic rings. The molecule has 1 atom stereocenters. The zero-order valence-corrected chi connectivity index (χ0v) is 8.70. The number of hydrogen-bond donors (Lipinski definition) is 1. The molecule has 1 aromatic heterocycles. The summed E-state index contributed by atoms with van der Waals surface area (Å²) in [5.41, 5.74) is 9.29. The molecule has 0 saturated carbocycles. The number of aromatic nitrogens is 2. The van der Waals surface area contributed by atoms with E-state index in [-0.39, 0.29) is 6.04 Å². The van der Waals surface area contributed by atoms with E-state index in [4.69, 9.17) is 5.73 Å². The Morgan fingerprint density at radius 1 is 1.50 bits per heavy atom. The normalized spacial score (nSPS) is 19.1. The fourth-order valence-corrected chi connectivity index (χ4v) is 1.90. The summed E-state index contributed by atoms with van der Waals surface area (Å²) in [4.78, 5) is 10.8. The summed E-state index contributed by atoms with van der Waals surface area (Å²) in [7, 11) is 2.11. The Bertz CT molecular complexity index is 335. The zero-order chi connectivity index (χ0) is 10.1. The molecule has 0 unspecified atom stereocenters. The molecule has 2 heterocycles. The van der Waals surface area contributed by atoms with E-state index in [2.05, 4.69) is 21.9 Å². The molecule has 1 aliphatic heterocycles.